The molecule has 148 valence electrons. The maximum atomic E-state index is 11.6. The lowest BCUT2D eigenvalue weighted by Crippen LogP contribution is -2.46. The van der Waals surface area contributed by atoms with Crippen LogP contribution in [-0.2, 0) is 9.53 Å². The third-order valence-electron chi connectivity index (χ3n) is 5.53. The summed E-state index contributed by atoms with van der Waals surface area (Å²) in [6.45, 7) is 4.45. The summed E-state index contributed by atoms with van der Waals surface area (Å²) in [6.07, 6.45) is 18.6. The summed E-state index contributed by atoms with van der Waals surface area (Å²) in [5.41, 5.74) is 0. The predicted molar refractivity (Wildman–Crippen MR) is 105 cm³/mol. The van der Waals surface area contributed by atoms with Crippen LogP contribution in [-0.4, -0.2) is 23.3 Å². The van der Waals surface area contributed by atoms with Crippen LogP contribution in [0.3, 0.4) is 0 Å². The van der Waals surface area contributed by atoms with Crippen LogP contribution in [0, 0.1) is 5.92 Å². The summed E-state index contributed by atoms with van der Waals surface area (Å²) in [7, 11) is 0. The smallest absolute Gasteiger partial charge is 0.313 e. The van der Waals surface area contributed by atoms with Gasteiger partial charge in [0.15, 0.2) is 0 Å². The lowest BCUT2D eigenvalue weighted by atomic mass is 9.86. The van der Waals surface area contributed by atoms with Gasteiger partial charge in [0.25, 0.3) is 0 Å². The Morgan fingerprint density at radius 1 is 0.840 bits per heavy atom. The molecule has 25 heavy (non-hydrogen) atoms. The molecule has 0 amide bonds. The molecular weight excluding hydrogens is 312 g/mol. The second kappa shape index (κ2) is 14.6. The Kier molecular flexibility index (Phi) is 13.1. The molecule has 2 unspecified atom stereocenters. The molecule has 1 aliphatic rings. The Morgan fingerprint density at radius 3 is 1.92 bits per heavy atom. The number of esters is 1. The van der Waals surface area contributed by atoms with Gasteiger partial charge in [-0.2, -0.15) is 0 Å². The van der Waals surface area contributed by atoms with Gasteiger partial charge < -0.3 is 9.84 Å². The van der Waals surface area contributed by atoms with E-state index >= 15 is 0 Å². The van der Waals surface area contributed by atoms with E-state index in [1.165, 1.54) is 70.6 Å². The van der Waals surface area contributed by atoms with Crippen LogP contribution >= 0.6 is 0 Å². The van der Waals surface area contributed by atoms with Crippen molar-refractivity contribution in [1.29, 1.82) is 0 Å². The van der Waals surface area contributed by atoms with Gasteiger partial charge in [-0.25, -0.2) is 0 Å². The summed E-state index contributed by atoms with van der Waals surface area (Å²) in [6, 6.07) is 0. The van der Waals surface area contributed by atoms with Crippen LogP contribution in [0.4, 0.5) is 0 Å². The van der Waals surface area contributed by atoms with Crippen LogP contribution in [0.15, 0.2) is 0 Å². The number of aliphatic hydroxyl groups is 1. The Hall–Kier alpha value is -0.570. The fourth-order valence-corrected chi connectivity index (χ4v) is 3.78. The second-order valence-corrected chi connectivity index (χ2v) is 7.94. The molecule has 0 aromatic rings. The first-order valence-corrected chi connectivity index (χ1v) is 11.1. The number of carbonyl (C=O) groups is 1. The lowest BCUT2D eigenvalue weighted by Gasteiger charge is -2.36. The number of carbonyl (C=O) groups excluding carboxylic acids is 1. The topological polar surface area (TPSA) is 46.5 Å². The second-order valence-electron chi connectivity index (χ2n) is 7.94. The molecule has 0 radical (unpaired) electrons. The van der Waals surface area contributed by atoms with E-state index in [1.807, 2.05) is 0 Å². The van der Waals surface area contributed by atoms with Gasteiger partial charge in [-0.05, 0) is 12.8 Å². The van der Waals surface area contributed by atoms with E-state index in [9.17, 15) is 9.90 Å². The first kappa shape index (κ1) is 22.5. The molecular formula is C22H42O3. The molecule has 0 aliphatic carbocycles. The summed E-state index contributed by atoms with van der Waals surface area (Å²) in [4.78, 5) is 11.6. The minimum Gasteiger partial charge on any atom is -0.461 e. The minimum absolute atomic E-state index is 0.0253. The summed E-state index contributed by atoms with van der Waals surface area (Å²) >= 11 is 0. The van der Waals surface area contributed by atoms with Crippen LogP contribution < -0.4 is 0 Å². The van der Waals surface area contributed by atoms with Crippen LogP contribution in [0.2, 0.25) is 0 Å². The maximum absolute atomic E-state index is 11.6. The molecule has 3 atom stereocenters. The van der Waals surface area contributed by atoms with Crippen LogP contribution in [0.25, 0.3) is 0 Å². The number of hydrogen-bond donors (Lipinski definition) is 1. The van der Waals surface area contributed by atoms with Crippen molar-refractivity contribution in [1.82, 2.24) is 0 Å². The summed E-state index contributed by atoms with van der Waals surface area (Å²) in [5, 5.41) is 10.2. The fraction of sp³-hybridized carbons (Fsp3) is 0.955. The van der Waals surface area contributed by atoms with E-state index in [0.29, 0.717) is 6.42 Å². The molecule has 1 fully saturated rings. The van der Waals surface area contributed by atoms with E-state index in [4.69, 9.17) is 4.74 Å². The van der Waals surface area contributed by atoms with Crippen molar-refractivity contribution in [2.45, 2.75) is 129 Å². The highest BCUT2D eigenvalue weighted by atomic mass is 16.6. The van der Waals surface area contributed by atoms with Gasteiger partial charge >= 0.3 is 5.97 Å². The highest BCUT2D eigenvalue weighted by Gasteiger charge is 2.42. The van der Waals surface area contributed by atoms with Gasteiger partial charge in [-0.1, -0.05) is 97.3 Å². The van der Waals surface area contributed by atoms with Gasteiger partial charge in [0.05, 0.1) is 12.0 Å². The van der Waals surface area contributed by atoms with Crippen molar-refractivity contribution >= 4 is 5.97 Å². The molecule has 3 heteroatoms. The molecule has 1 N–H and O–H groups in total. The molecule has 3 nitrogen and oxygen atoms in total. The first-order valence-electron chi connectivity index (χ1n) is 11.1. The molecule has 1 aliphatic heterocycles. The number of ether oxygens (including phenoxy) is 1. The fourth-order valence-electron chi connectivity index (χ4n) is 3.78. The van der Waals surface area contributed by atoms with Gasteiger partial charge in [0.1, 0.15) is 6.10 Å². The van der Waals surface area contributed by atoms with Gasteiger partial charge in [0.2, 0.25) is 0 Å². The normalized spacial score (nSPS) is 21.0. The standard InChI is InChI=1S/C22H42O3/c1-3-5-7-9-10-11-12-13-14-16-19(23)18-21-20(22(24)25-21)17-15-8-6-4-2/h19-21,23H,3-18H2,1-2H3/t19-,20?,21?/m1/s1. The first-order chi connectivity index (χ1) is 12.2. The predicted octanol–water partition coefficient (Wildman–Crippen LogP) is 6.17. The van der Waals surface area contributed by atoms with Crippen molar-refractivity contribution in [2.24, 2.45) is 5.92 Å². The van der Waals surface area contributed by atoms with Gasteiger partial charge in [-0.15, -0.1) is 0 Å². The van der Waals surface area contributed by atoms with E-state index in [-0.39, 0.29) is 24.1 Å². The number of unbranched alkanes of at least 4 members (excludes halogenated alkanes) is 11. The third kappa shape index (κ3) is 10.2. The van der Waals surface area contributed by atoms with Gasteiger partial charge in [-0.3, -0.25) is 4.79 Å². The van der Waals surface area contributed by atoms with Crippen LogP contribution in [0.5, 0.6) is 0 Å². The van der Waals surface area contributed by atoms with E-state index < -0.39 is 0 Å². The Bertz CT molecular complexity index is 329. The molecule has 1 rings (SSSR count). The molecule has 1 heterocycles. The lowest BCUT2D eigenvalue weighted by molar-refractivity contribution is -0.188. The zero-order valence-electron chi connectivity index (χ0n) is 16.8. The van der Waals surface area contributed by atoms with Crippen molar-refractivity contribution in [3.63, 3.8) is 0 Å². The zero-order chi connectivity index (χ0) is 18.3. The molecule has 1 saturated heterocycles. The number of hydrogen-bond acceptors (Lipinski definition) is 3. The average molecular weight is 355 g/mol. The summed E-state index contributed by atoms with van der Waals surface area (Å²) in [5.74, 6) is 0.00592. The number of aliphatic hydroxyl groups excluding tert-OH is 1. The quantitative estimate of drug-likeness (QED) is 0.251. The van der Waals surface area contributed by atoms with E-state index in [0.717, 1.165) is 25.7 Å². The highest BCUT2D eigenvalue weighted by molar-refractivity contribution is 5.78. The monoisotopic (exact) mass is 354 g/mol. The average Bonchev–Trinajstić information content (AvgIpc) is 2.59. The third-order valence-corrected chi connectivity index (χ3v) is 5.53. The molecule has 0 bridgehead atoms. The Balaban J connectivity index is 1.98. The maximum Gasteiger partial charge on any atom is 0.313 e. The minimum atomic E-state index is -0.305. The number of cyclic esters (lactones) is 1. The summed E-state index contributed by atoms with van der Waals surface area (Å²) < 4.78 is 5.27. The van der Waals surface area contributed by atoms with Crippen molar-refractivity contribution < 1.29 is 14.6 Å². The van der Waals surface area contributed by atoms with Gasteiger partial charge in [0, 0.05) is 6.42 Å². The highest BCUT2D eigenvalue weighted by Crippen LogP contribution is 2.31. The van der Waals surface area contributed by atoms with E-state index in [2.05, 4.69) is 13.8 Å². The Labute approximate surface area is 155 Å². The zero-order valence-corrected chi connectivity index (χ0v) is 16.8. The van der Waals surface area contributed by atoms with Crippen molar-refractivity contribution in [3.05, 3.63) is 0 Å². The molecule has 0 aromatic heterocycles. The molecule has 0 saturated carbocycles. The van der Waals surface area contributed by atoms with Crippen LogP contribution in [0.1, 0.15) is 117 Å². The Morgan fingerprint density at radius 2 is 1.36 bits per heavy atom. The van der Waals surface area contributed by atoms with Crippen molar-refractivity contribution in [3.8, 4) is 0 Å². The van der Waals surface area contributed by atoms with E-state index in [1.54, 1.807) is 0 Å². The molecule has 0 spiro atoms. The van der Waals surface area contributed by atoms with Crippen molar-refractivity contribution in [2.75, 3.05) is 0 Å². The molecule has 0 aromatic carbocycles. The number of rotatable bonds is 17. The largest absolute Gasteiger partial charge is 0.461 e. The SMILES string of the molecule is CCCCCCCCCCC[C@@H](O)CC1OC(=O)C1CCCCCC.